The number of hydrogen-bond acceptors (Lipinski definition) is 3. The van der Waals surface area contributed by atoms with Crippen LogP contribution >= 0.6 is 22.3 Å². The topological polar surface area (TPSA) is 54.5 Å². The van der Waals surface area contributed by atoms with Gasteiger partial charge in [0, 0.05) is 29.6 Å². The van der Waals surface area contributed by atoms with Crippen LogP contribution < -0.4 is 4.90 Å². The van der Waals surface area contributed by atoms with E-state index in [1.165, 1.54) is 17.0 Å². The maximum Gasteiger partial charge on any atom is 0.232 e. The van der Waals surface area contributed by atoms with Gasteiger partial charge >= 0.3 is 0 Å². The summed E-state index contributed by atoms with van der Waals surface area (Å²) in [5, 5.41) is 0.160. The Morgan fingerprint density at radius 2 is 2.10 bits per heavy atom. The molecule has 1 unspecified atom stereocenters. The Kier molecular flexibility index (Phi) is 4.27. The van der Waals surface area contributed by atoms with Crippen LogP contribution in [-0.2, 0) is 13.8 Å². The van der Waals surface area contributed by atoms with Crippen LogP contribution in [0.3, 0.4) is 0 Å². The van der Waals surface area contributed by atoms with E-state index in [-0.39, 0.29) is 35.3 Å². The molecule has 1 fully saturated rings. The lowest BCUT2D eigenvalue weighted by Crippen LogP contribution is -2.26. The van der Waals surface area contributed by atoms with E-state index in [1.54, 1.807) is 6.92 Å². The Hall–Kier alpha value is -0.850. The van der Waals surface area contributed by atoms with Gasteiger partial charge in [-0.2, -0.15) is 0 Å². The molecule has 2 rings (SSSR count). The number of anilines is 1. The zero-order valence-corrected chi connectivity index (χ0v) is 12.9. The van der Waals surface area contributed by atoms with Crippen molar-refractivity contribution in [2.45, 2.75) is 13.3 Å². The molecule has 20 heavy (non-hydrogen) atoms. The third-order valence-electron chi connectivity index (χ3n) is 3.17. The Bertz CT molecular complexity index is 663. The number of amides is 1. The van der Waals surface area contributed by atoms with Gasteiger partial charge in [0.05, 0.1) is 16.5 Å². The first kappa shape index (κ1) is 15.5. The lowest BCUT2D eigenvalue weighted by Gasteiger charge is -2.19. The summed E-state index contributed by atoms with van der Waals surface area (Å²) in [6.07, 6.45) is 0.00958. The highest BCUT2D eigenvalue weighted by molar-refractivity contribution is 8.13. The highest BCUT2D eigenvalue weighted by atomic mass is 35.7. The smallest absolute Gasteiger partial charge is 0.232 e. The van der Waals surface area contributed by atoms with Crippen LogP contribution in [-0.4, -0.2) is 26.6 Å². The van der Waals surface area contributed by atoms with Gasteiger partial charge in [0.15, 0.2) is 0 Å². The van der Waals surface area contributed by atoms with E-state index >= 15 is 0 Å². The van der Waals surface area contributed by atoms with Crippen molar-refractivity contribution in [1.82, 2.24) is 0 Å². The fourth-order valence-electron chi connectivity index (χ4n) is 2.28. The van der Waals surface area contributed by atoms with E-state index in [2.05, 4.69) is 0 Å². The zero-order valence-electron chi connectivity index (χ0n) is 10.6. The second-order valence-corrected chi connectivity index (χ2v) is 8.01. The second-order valence-electron chi connectivity index (χ2n) is 4.81. The summed E-state index contributed by atoms with van der Waals surface area (Å²) in [6, 6.07) is 2.75. The summed E-state index contributed by atoms with van der Waals surface area (Å²) < 4.78 is 36.0. The van der Waals surface area contributed by atoms with Crippen LogP contribution in [0.1, 0.15) is 12.0 Å². The molecule has 0 radical (unpaired) electrons. The van der Waals surface area contributed by atoms with Crippen molar-refractivity contribution in [2.75, 3.05) is 17.2 Å². The monoisotopic (exact) mass is 339 g/mol. The van der Waals surface area contributed by atoms with Crippen LogP contribution in [0.15, 0.2) is 12.1 Å². The molecule has 1 aromatic carbocycles. The normalized spacial score (nSPS) is 19.7. The van der Waals surface area contributed by atoms with Crippen molar-refractivity contribution in [1.29, 1.82) is 0 Å². The minimum Gasteiger partial charge on any atom is -0.308 e. The zero-order chi connectivity index (χ0) is 15.1. The molecule has 110 valence electrons. The van der Waals surface area contributed by atoms with E-state index in [0.717, 1.165) is 0 Å². The Labute approximate surface area is 125 Å². The van der Waals surface area contributed by atoms with Crippen LogP contribution in [0, 0.1) is 18.7 Å². The first-order valence-electron chi connectivity index (χ1n) is 5.86. The van der Waals surface area contributed by atoms with Gasteiger partial charge in [-0.05, 0) is 18.6 Å². The van der Waals surface area contributed by atoms with Gasteiger partial charge in [-0.3, -0.25) is 4.79 Å². The number of nitrogens with zero attached hydrogens (tertiary/aromatic N) is 1. The molecule has 1 amide bonds. The summed E-state index contributed by atoms with van der Waals surface area (Å²) in [5.74, 6) is -1.74. The standard InChI is InChI=1S/C12H12Cl2FNO3S/c1-7-2-3-9(15)12(11(7)13)16-5-8(4-10(16)17)6-20(14,18)19/h2-3,8H,4-6H2,1H3. The summed E-state index contributed by atoms with van der Waals surface area (Å²) in [5.41, 5.74) is 0.649. The molecule has 1 saturated heterocycles. The van der Waals surface area contributed by atoms with Crippen molar-refractivity contribution in [3.63, 3.8) is 0 Å². The minimum absolute atomic E-state index is 0.00568. The fraction of sp³-hybridized carbons (Fsp3) is 0.417. The third-order valence-corrected chi connectivity index (χ3v) is 4.89. The molecular weight excluding hydrogens is 328 g/mol. The van der Waals surface area contributed by atoms with Crippen LogP contribution in [0.2, 0.25) is 5.02 Å². The van der Waals surface area contributed by atoms with Gasteiger partial charge in [0.25, 0.3) is 0 Å². The van der Waals surface area contributed by atoms with E-state index in [9.17, 15) is 17.6 Å². The molecule has 1 heterocycles. The van der Waals surface area contributed by atoms with Crippen molar-refractivity contribution in [3.8, 4) is 0 Å². The van der Waals surface area contributed by atoms with Gasteiger partial charge in [-0.15, -0.1) is 0 Å². The van der Waals surface area contributed by atoms with E-state index in [4.69, 9.17) is 22.3 Å². The van der Waals surface area contributed by atoms with E-state index < -0.39 is 20.8 Å². The average molecular weight is 340 g/mol. The number of halogens is 3. The first-order chi connectivity index (χ1) is 9.19. The predicted octanol–water partition coefficient (Wildman–Crippen LogP) is 2.71. The molecule has 1 aliphatic rings. The molecule has 1 aliphatic heterocycles. The molecule has 0 aliphatic carbocycles. The minimum atomic E-state index is -3.70. The molecule has 8 heteroatoms. The average Bonchev–Trinajstić information content (AvgIpc) is 2.63. The molecule has 1 aromatic rings. The highest BCUT2D eigenvalue weighted by Gasteiger charge is 2.35. The molecule has 0 spiro atoms. The maximum absolute atomic E-state index is 13.9. The van der Waals surface area contributed by atoms with Gasteiger partial charge in [-0.25, -0.2) is 12.8 Å². The van der Waals surface area contributed by atoms with Crippen LogP contribution in [0.4, 0.5) is 10.1 Å². The van der Waals surface area contributed by atoms with Gasteiger partial charge in [-0.1, -0.05) is 17.7 Å². The SMILES string of the molecule is Cc1ccc(F)c(N2CC(CS(=O)(=O)Cl)CC2=O)c1Cl. The number of aryl methyl sites for hydroxylation is 1. The lowest BCUT2D eigenvalue weighted by atomic mass is 10.1. The van der Waals surface area contributed by atoms with Crippen LogP contribution in [0.25, 0.3) is 0 Å². The fourth-order valence-corrected chi connectivity index (χ4v) is 3.86. The maximum atomic E-state index is 13.9. The molecular formula is C12H12Cl2FNO3S. The highest BCUT2D eigenvalue weighted by Crippen LogP contribution is 2.36. The molecule has 4 nitrogen and oxygen atoms in total. The predicted molar refractivity (Wildman–Crippen MR) is 76.2 cm³/mol. The Balaban J connectivity index is 2.31. The van der Waals surface area contributed by atoms with Crippen LogP contribution in [0.5, 0.6) is 0 Å². The number of rotatable bonds is 3. The largest absolute Gasteiger partial charge is 0.308 e. The third kappa shape index (κ3) is 3.24. The number of carbonyl (C=O) groups excluding carboxylic acids is 1. The van der Waals surface area contributed by atoms with E-state index in [0.29, 0.717) is 5.56 Å². The molecule has 0 bridgehead atoms. The Morgan fingerprint density at radius 3 is 2.70 bits per heavy atom. The summed E-state index contributed by atoms with van der Waals surface area (Å²) in [7, 11) is 1.49. The van der Waals surface area contributed by atoms with Gasteiger partial charge in [0.1, 0.15) is 5.82 Å². The number of benzene rings is 1. The van der Waals surface area contributed by atoms with Crippen molar-refractivity contribution >= 4 is 42.9 Å². The van der Waals surface area contributed by atoms with Crippen molar-refractivity contribution in [3.05, 3.63) is 28.5 Å². The second kappa shape index (κ2) is 5.50. The molecule has 0 aromatic heterocycles. The first-order valence-corrected chi connectivity index (χ1v) is 8.72. The van der Waals surface area contributed by atoms with E-state index in [1.807, 2.05) is 0 Å². The quantitative estimate of drug-likeness (QED) is 0.795. The lowest BCUT2D eigenvalue weighted by molar-refractivity contribution is -0.117. The van der Waals surface area contributed by atoms with Crippen molar-refractivity contribution in [2.24, 2.45) is 5.92 Å². The van der Waals surface area contributed by atoms with Gasteiger partial charge in [0.2, 0.25) is 15.0 Å². The summed E-state index contributed by atoms with van der Waals surface area (Å²) in [4.78, 5) is 13.1. The van der Waals surface area contributed by atoms with Crippen molar-refractivity contribution < 1.29 is 17.6 Å². The van der Waals surface area contributed by atoms with Gasteiger partial charge < -0.3 is 4.90 Å². The summed E-state index contributed by atoms with van der Waals surface area (Å²) in [6.45, 7) is 1.79. The summed E-state index contributed by atoms with van der Waals surface area (Å²) >= 11 is 6.05. The number of carbonyl (C=O) groups is 1. The molecule has 1 atom stereocenters. The molecule has 0 saturated carbocycles. The Morgan fingerprint density at radius 1 is 1.45 bits per heavy atom. The molecule has 0 N–H and O–H groups in total. The number of hydrogen-bond donors (Lipinski definition) is 0.